The number of hydrogen-bond donors (Lipinski definition) is 0. The van der Waals surface area contributed by atoms with Crippen LogP contribution < -0.4 is 0 Å². The van der Waals surface area contributed by atoms with E-state index < -0.39 is 0 Å². The lowest BCUT2D eigenvalue weighted by Gasteiger charge is -2.32. The molecular formula is C16H21N3O2. The number of ether oxygens (including phenoxy) is 1. The van der Waals surface area contributed by atoms with Gasteiger partial charge in [-0.25, -0.2) is 0 Å². The SMILES string of the molecule is CCCc1noc(CN2CCOC(c3ccccc3)C2)n1. The first-order valence-electron chi connectivity index (χ1n) is 7.55. The summed E-state index contributed by atoms with van der Waals surface area (Å²) in [6, 6.07) is 10.3. The van der Waals surface area contributed by atoms with Gasteiger partial charge >= 0.3 is 0 Å². The highest BCUT2D eigenvalue weighted by molar-refractivity contribution is 5.18. The number of nitrogens with zero attached hydrogens (tertiary/aromatic N) is 3. The van der Waals surface area contributed by atoms with Gasteiger partial charge in [-0.3, -0.25) is 4.90 Å². The van der Waals surface area contributed by atoms with Gasteiger partial charge in [-0.2, -0.15) is 4.98 Å². The summed E-state index contributed by atoms with van der Waals surface area (Å²) in [4.78, 5) is 6.74. The Labute approximate surface area is 124 Å². The summed E-state index contributed by atoms with van der Waals surface area (Å²) in [7, 11) is 0. The summed E-state index contributed by atoms with van der Waals surface area (Å²) < 4.78 is 11.2. The Balaban J connectivity index is 1.60. The minimum absolute atomic E-state index is 0.123. The monoisotopic (exact) mass is 287 g/mol. The summed E-state index contributed by atoms with van der Waals surface area (Å²) in [6.45, 7) is 5.30. The van der Waals surface area contributed by atoms with Gasteiger partial charge in [0, 0.05) is 19.5 Å². The zero-order valence-corrected chi connectivity index (χ0v) is 12.4. The molecule has 1 unspecified atom stereocenters. The molecule has 1 aromatic heterocycles. The van der Waals surface area contributed by atoms with Crippen LogP contribution in [-0.4, -0.2) is 34.7 Å². The lowest BCUT2D eigenvalue weighted by Crippen LogP contribution is -2.37. The fourth-order valence-corrected chi connectivity index (χ4v) is 2.59. The van der Waals surface area contributed by atoms with Crippen LogP contribution in [0.15, 0.2) is 34.9 Å². The molecule has 0 radical (unpaired) electrons. The van der Waals surface area contributed by atoms with Crippen LogP contribution in [0.25, 0.3) is 0 Å². The predicted octanol–water partition coefficient (Wildman–Crippen LogP) is 2.60. The van der Waals surface area contributed by atoms with Gasteiger partial charge in [-0.05, 0) is 12.0 Å². The highest BCUT2D eigenvalue weighted by Crippen LogP contribution is 2.22. The maximum Gasteiger partial charge on any atom is 0.240 e. The van der Waals surface area contributed by atoms with Crippen molar-refractivity contribution >= 4 is 0 Å². The normalized spacial score (nSPS) is 19.8. The smallest absolute Gasteiger partial charge is 0.240 e. The maximum atomic E-state index is 5.87. The third kappa shape index (κ3) is 3.68. The Morgan fingerprint density at radius 1 is 1.29 bits per heavy atom. The van der Waals surface area contributed by atoms with Crippen LogP contribution in [0.2, 0.25) is 0 Å². The second-order valence-electron chi connectivity index (χ2n) is 5.36. The molecule has 2 aromatic rings. The summed E-state index contributed by atoms with van der Waals surface area (Å²) in [6.07, 6.45) is 2.03. The predicted molar refractivity (Wildman–Crippen MR) is 78.7 cm³/mol. The van der Waals surface area contributed by atoms with Gasteiger partial charge in [0.2, 0.25) is 5.89 Å². The van der Waals surface area contributed by atoms with Crippen molar-refractivity contribution in [3.8, 4) is 0 Å². The van der Waals surface area contributed by atoms with Crippen molar-refractivity contribution in [3.05, 3.63) is 47.6 Å². The Hall–Kier alpha value is -1.72. The van der Waals surface area contributed by atoms with Crippen LogP contribution >= 0.6 is 0 Å². The summed E-state index contributed by atoms with van der Waals surface area (Å²) in [5.74, 6) is 1.51. The van der Waals surface area contributed by atoms with E-state index in [2.05, 4.69) is 34.1 Å². The van der Waals surface area contributed by atoms with E-state index in [4.69, 9.17) is 9.26 Å². The third-order valence-electron chi connectivity index (χ3n) is 3.66. The van der Waals surface area contributed by atoms with Crippen LogP contribution in [0.1, 0.15) is 36.7 Å². The standard InChI is InChI=1S/C16H21N3O2/c1-2-6-15-17-16(21-18-15)12-19-9-10-20-14(11-19)13-7-4-3-5-8-13/h3-5,7-8,14H,2,6,9-12H2,1H3. The molecule has 21 heavy (non-hydrogen) atoms. The first-order valence-corrected chi connectivity index (χ1v) is 7.55. The number of benzene rings is 1. The fraction of sp³-hybridized carbons (Fsp3) is 0.500. The minimum atomic E-state index is 0.123. The molecule has 0 spiro atoms. The molecule has 3 rings (SSSR count). The van der Waals surface area contributed by atoms with Crippen molar-refractivity contribution in [2.24, 2.45) is 0 Å². The van der Waals surface area contributed by atoms with E-state index in [0.29, 0.717) is 12.4 Å². The van der Waals surface area contributed by atoms with Crippen molar-refractivity contribution in [1.82, 2.24) is 15.0 Å². The van der Waals surface area contributed by atoms with E-state index in [1.165, 1.54) is 5.56 Å². The Morgan fingerprint density at radius 3 is 2.95 bits per heavy atom. The second kappa shape index (κ2) is 6.83. The van der Waals surface area contributed by atoms with E-state index in [0.717, 1.165) is 38.4 Å². The van der Waals surface area contributed by atoms with E-state index in [9.17, 15) is 0 Å². The fourth-order valence-electron chi connectivity index (χ4n) is 2.59. The van der Waals surface area contributed by atoms with Crippen molar-refractivity contribution in [2.45, 2.75) is 32.4 Å². The maximum absolute atomic E-state index is 5.87. The van der Waals surface area contributed by atoms with Gasteiger partial charge < -0.3 is 9.26 Å². The topological polar surface area (TPSA) is 51.4 Å². The Kier molecular flexibility index (Phi) is 4.62. The number of aryl methyl sites for hydroxylation is 1. The summed E-state index contributed by atoms with van der Waals surface area (Å²) >= 11 is 0. The molecule has 1 fully saturated rings. The molecule has 1 aliphatic rings. The van der Waals surface area contributed by atoms with Crippen molar-refractivity contribution in [3.63, 3.8) is 0 Å². The zero-order valence-electron chi connectivity index (χ0n) is 12.4. The van der Waals surface area contributed by atoms with Crippen molar-refractivity contribution in [2.75, 3.05) is 19.7 Å². The Morgan fingerprint density at radius 2 is 2.14 bits per heavy atom. The van der Waals surface area contributed by atoms with Gasteiger partial charge in [-0.1, -0.05) is 42.4 Å². The molecule has 0 amide bonds. The lowest BCUT2D eigenvalue weighted by molar-refractivity contribution is -0.0355. The van der Waals surface area contributed by atoms with E-state index >= 15 is 0 Å². The van der Waals surface area contributed by atoms with Crippen LogP contribution in [0.4, 0.5) is 0 Å². The van der Waals surface area contributed by atoms with Crippen molar-refractivity contribution in [1.29, 1.82) is 0 Å². The molecule has 0 aliphatic carbocycles. The quantitative estimate of drug-likeness (QED) is 0.846. The van der Waals surface area contributed by atoms with Crippen LogP contribution in [0, 0.1) is 0 Å². The van der Waals surface area contributed by atoms with E-state index in [1.807, 2.05) is 18.2 Å². The largest absolute Gasteiger partial charge is 0.371 e. The molecule has 2 heterocycles. The highest BCUT2D eigenvalue weighted by atomic mass is 16.5. The van der Waals surface area contributed by atoms with Crippen LogP contribution in [0.5, 0.6) is 0 Å². The number of hydrogen-bond acceptors (Lipinski definition) is 5. The summed E-state index contributed by atoms with van der Waals surface area (Å²) in [5, 5.41) is 4.00. The average Bonchev–Trinajstić information content (AvgIpc) is 2.96. The number of aromatic nitrogens is 2. The molecule has 5 heteroatoms. The Bertz CT molecular complexity index is 556. The molecule has 1 aliphatic heterocycles. The highest BCUT2D eigenvalue weighted by Gasteiger charge is 2.23. The van der Waals surface area contributed by atoms with Gasteiger partial charge in [0.05, 0.1) is 19.3 Å². The molecule has 5 nitrogen and oxygen atoms in total. The molecular weight excluding hydrogens is 266 g/mol. The van der Waals surface area contributed by atoms with Gasteiger partial charge in [0.25, 0.3) is 0 Å². The van der Waals surface area contributed by atoms with Crippen LogP contribution in [0.3, 0.4) is 0 Å². The van der Waals surface area contributed by atoms with Gasteiger partial charge in [-0.15, -0.1) is 0 Å². The molecule has 1 atom stereocenters. The van der Waals surface area contributed by atoms with E-state index in [1.54, 1.807) is 0 Å². The molecule has 112 valence electrons. The van der Waals surface area contributed by atoms with Crippen molar-refractivity contribution < 1.29 is 9.26 Å². The lowest BCUT2D eigenvalue weighted by atomic mass is 10.1. The molecule has 0 N–H and O–H groups in total. The molecule has 1 aromatic carbocycles. The van der Waals surface area contributed by atoms with Gasteiger partial charge in [0.1, 0.15) is 0 Å². The number of rotatable bonds is 5. The summed E-state index contributed by atoms with van der Waals surface area (Å²) in [5.41, 5.74) is 1.22. The first-order chi connectivity index (χ1) is 10.3. The third-order valence-corrected chi connectivity index (χ3v) is 3.66. The van der Waals surface area contributed by atoms with Gasteiger partial charge in [0.15, 0.2) is 5.82 Å². The number of morpholine rings is 1. The van der Waals surface area contributed by atoms with E-state index in [-0.39, 0.29) is 6.10 Å². The molecule has 0 bridgehead atoms. The molecule has 0 saturated carbocycles. The first kappa shape index (κ1) is 14.2. The molecule has 1 saturated heterocycles. The average molecular weight is 287 g/mol. The van der Waals surface area contributed by atoms with Crippen LogP contribution in [-0.2, 0) is 17.7 Å². The minimum Gasteiger partial charge on any atom is -0.371 e. The zero-order chi connectivity index (χ0) is 14.5. The second-order valence-corrected chi connectivity index (χ2v) is 5.36.